The molecule has 0 saturated carbocycles. The second kappa shape index (κ2) is 4.04. The molecule has 5 heteroatoms. The molecule has 1 aliphatic heterocycles. The van der Waals surface area contributed by atoms with Crippen molar-refractivity contribution in [3.8, 4) is 0 Å². The van der Waals surface area contributed by atoms with Crippen LogP contribution < -0.4 is 5.32 Å². The number of amidine groups is 1. The molecule has 2 heterocycles. The highest BCUT2D eigenvalue weighted by atomic mass is 32.2. The lowest BCUT2D eigenvalue weighted by atomic mass is 10.4. The molecule has 0 bridgehead atoms. The molecule has 1 saturated heterocycles. The van der Waals surface area contributed by atoms with E-state index >= 15 is 0 Å². The van der Waals surface area contributed by atoms with Crippen LogP contribution in [-0.2, 0) is 13.6 Å². The van der Waals surface area contributed by atoms with Crippen molar-refractivity contribution in [1.82, 2.24) is 15.1 Å². The number of hydrogen-bond acceptors (Lipinski definition) is 3. The molecular formula is C9H14N4S. The van der Waals surface area contributed by atoms with Crippen LogP contribution in [0.5, 0.6) is 0 Å². The Bertz CT molecular complexity index is 344. The van der Waals surface area contributed by atoms with Crippen LogP contribution in [-0.4, -0.2) is 26.7 Å². The maximum Gasteiger partial charge on any atom is 0.157 e. The fourth-order valence-electron chi connectivity index (χ4n) is 1.30. The Kier molecular flexibility index (Phi) is 2.77. The maximum absolute atomic E-state index is 4.48. The molecule has 1 atom stereocenters. The number of hydrogen-bond donors (Lipinski definition) is 1. The maximum atomic E-state index is 4.48. The first-order valence-corrected chi connectivity index (χ1v) is 5.65. The lowest BCUT2D eigenvalue weighted by molar-refractivity contribution is 0.709. The normalized spacial score (nSPS) is 24.1. The van der Waals surface area contributed by atoms with Crippen LogP contribution in [0, 0.1) is 0 Å². The molecule has 0 amide bonds. The van der Waals surface area contributed by atoms with Gasteiger partial charge in [-0.15, -0.1) is 0 Å². The van der Waals surface area contributed by atoms with Crippen molar-refractivity contribution in [2.45, 2.75) is 19.5 Å². The molecule has 1 fully saturated rings. The van der Waals surface area contributed by atoms with Gasteiger partial charge in [0.05, 0.1) is 12.2 Å². The predicted octanol–water partition coefficient (Wildman–Crippen LogP) is 1.00. The van der Waals surface area contributed by atoms with E-state index in [4.69, 9.17) is 0 Å². The Morgan fingerprint density at radius 2 is 2.64 bits per heavy atom. The standard InChI is InChI=1S/C9H14N4S/c1-7-6-14-9(12-7)10-5-8-3-4-11-13(8)2/h3-4,7H,5-6H2,1-2H3,(H,10,12). The Morgan fingerprint density at radius 3 is 3.21 bits per heavy atom. The molecule has 0 aliphatic carbocycles. The first-order valence-electron chi connectivity index (χ1n) is 4.66. The molecule has 1 unspecified atom stereocenters. The van der Waals surface area contributed by atoms with Gasteiger partial charge in [0, 0.05) is 25.0 Å². The molecule has 0 aromatic carbocycles. The summed E-state index contributed by atoms with van der Waals surface area (Å²) in [5.74, 6) is 1.12. The van der Waals surface area contributed by atoms with Gasteiger partial charge in [-0.2, -0.15) is 5.10 Å². The molecular weight excluding hydrogens is 196 g/mol. The van der Waals surface area contributed by atoms with E-state index in [1.165, 1.54) is 0 Å². The molecule has 0 radical (unpaired) electrons. The summed E-state index contributed by atoms with van der Waals surface area (Å²) < 4.78 is 1.85. The zero-order chi connectivity index (χ0) is 9.97. The third-order valence-electron chi connectivity index (χ3n) is 2.15. The Labute approximate surface area is 87.8 Å². The summed E-state index contributed by atoms with van der Waals surface area (Å²) in [5, 5.41) is 8.47. The van der Waals surface area contributed by atoms with E-state index in [1.54, 1.807) is 18.0 Å². The Morgan fingerprint density at radius 1 is 1.79 bits per heavy atom. The van der Waals surface area contributed by atoms with E-state index in [0.29, 0.717) is 12.6 Å². The van der Waals surface area contributed by atoms with Crippen molar-refractivity contribution >= 4 is 16.9 Å². The highest BCUT2D eigenvalue weighted by Gasteiger charge is 2.14. The largest absolute Gasteiger partial charge is 0.362 e. The number of aryl methyl sites for hydroxylation is 1. The van der Waals surface area contributed by atoms with E-state index < -0.39 is 0 Å². The third-order valence-corrected chi connectivity index (χ3v) is 3.33. The fraction of sp³-hybridized carbons (Fsp3) is 0.556. The zero-order valence-corrected chi connectivity index (χ0v) is 9.21. The number of rotatable bonds is 2. The molecule has 1 aromatic heterocycles. The van der Waals surface area contributed by atoms with Gasteiger partial charge in [-0.25, -0.2) is 0 Å². The monoisotopic (exact) mass is 210 g/mol. The fourth-order valence-corrected chi connectivity index (χ4v) is 2.23. The minimum absolute atomic E-state index is 0.547. The number of thioether (sulfide) groups is 1. The van der Waals surface area contributed by atoms with Gasteiger partial charge in [0.15, 0.2) is 5.17 Å². The average Bonchev–Trinajstić information content (AvgIpc) is 2.72. The van der Waals surface area contributed by atoms with Gasteiger partial charge in [0.25, 0.3) is 0 Å². The van der Waals surface area contributed by atoms with Crippen molar-refractivity contribution in [2.24, 2.45) is 12.0 Å². The summed E-state index contributed by atoms with van der Waals surface area (Å²) >= 11 is 1.79. The second-order valence-corrected chi connectivity index (χ2v) is 4.43. The lowest BCUT2D eigenvalue weighted by Crippen LogP contribution is -2.23. The topological polar surface area (TPSA) is 42.2 Å². The van der Waals surface area contributed by atoms with Gasteiger partial charge >= 0.3 is 0 Å². The average molecular weight is 210 g/mol. The van der Waals surface area contributed by atoms with Gasteiger partial charge in [0.1, 0.15) is 0 Å². The first-order chi connectivity index (χ1) is 6.75. The molecule has 0 spiro atoms. The summed E-state index contributed by atoms with van der Waals surface area (Å²) in [6.45, 7) is 2.87. The number of aliphatic imine (C=N–C) groups is 1. The third kappa shape index (κ3) is 2.09. The molecule has 2 rings (SSSR count). The second-order valence-electron chi connectivity index (χ2n) is 3.42. The van der Waals surface area contributed by atoms with E-state index in [9.17, 15) is 0 Å². The number of nitrogens with one attached hydrogen (secondary N) is 1. The minimum atomic E-state index is 0.547. The zero-order valence-electron chi connectivity index (χ0n) is 8.40. The van der Waals surface area contributed by atoms with Gasteiger partial charge in [-0.05, 0) is 13.0 Å². The van der Waals surface area contributed by atoms with Gasteiger partial charge in [-0.1, -0.05) is 11.8 Å². The summed E-state index contributed by atoms with van der Waals surface area (Å²) in [7, 11) is 1.94. The van der Waals surface area contributed by atoms with Crippen molar-refractivity contribution in [2.75, 3.05) is 5.75 Å². The van der Waals surface area contributed by atoms with E-state index in [-0.39, 0.29) is 0 Å². The Hall–Kier alpha value is -0.970. The van der Waals surface area contributed by atoms with Crippen molar-refractivity contribution < 1.29 is 0 Å². The summed E-state index contributed by atoms with van der Waals surface area (Å²) in [6, 6.07) is 2.54. The molecule has 1 aliphatic rings. The van der Waals surface area contributed by atoms with Crippen LogP contribution in [0.3, 0.4) is 0 Å². The number of aromatic nitrogens is 2. The van der Waals surface area contributed by atoms with Crippen LogP contribution in [0.2, 0.25) is 0 Å². The van der Waals surface area contributed by atoms with Crippen molar-refractivity contribution in [1.29, 1.82) is 0 Å². The summed E-state index contributed by atoms with van der Waals surface area (Å²) in [4.78, 5) is 4.48. The predicted molar refractivity (Wildman–Crippen MR) is 59.4 cm³/mol. The van der Waals surface area contributed by atoms with Crippen molar-refractivity contribution in [3.05, 3.63) is 18.0 Å². The smallest absolute Gasteiger partial charge is 0.157 e. The summed E-state index contributed by atoms with van der Waals surface area (Å²) in [6.07, 6.45) is 1.80. The highest BCUT2D eigenvalue weighted by Crippen LogP contribution is 2.13. The molecule has 4 nitrogen and oxygen atoms in total. The van der Waals surface area contributed by atoms with E-state index in [0.717, 1.165) is 16.6 Å². The van der Waals surface area contributed by atoms with Crippen LogP contribution in [0.15, 0.2) is 17.3 Å². The molecule has 14 heavy (non-hydrogen) atoms. The number of nitrogens with zero attached hydrogens (tertiary/aromatic N) is 3. The van der Waals surface area contributed by atoms with Crippen LogP contribution in [0.4, 0.5) is 0 Å². The van der Waals surface area contributed by atoms with E-state index in [2.05, 4.69) is 22.3 Å². The van der Waals surface area contributed by atoms with Crippen LogP contribution in [0.1, 0.15) is 12.6 Å². The van der Waals surface area contributed by atoms with E-state index in [1.807, 2.05) is 17.8 Å². The molecule has 76 valence electrons. The van der Waals surface area contributed by atoms with Gasteiger partial charge in [0.2, 0.25) is 0 Å². The first kappa shape index (κ1) is 9.58. The molecule has 1 aromatic rings. The molecule has 1 N–H and O–H groups in total. The van der Waals surface area contributed by atoms with Gasteiger partial charge in [-0.3, -0.25) is 9.67 Å². The minimum Gasteiger partial charge on any atom is -0.362 e. The quantitative estimate of drug-likeness (QED) is 0.792. The SMILES string of the molecule is CC1CSC(=NCc2ccnn2C)N1. The van der Waals surface area contributed by atoms with Crippen LogP contribution >= 0.6 is 11.8 Å². The highest BCUT2D eigenvalue weighted by molar-refractivity contribution is 8.14. The summed E-state index contributed by atoms with van der Waals surface area (Å²) in [5.41, 5.74) is 1.14. The Balaban J connectivity index is 1.97. The van der Waals surface area contributed by atoms with Crippen LogP contribution in [0.25, 0.3) is 0 Å². The lowest BCUT2D eigenvalue weighted by Gasteiger charge is -2.01. The van der Waals surface area contributed by atoms with Crippen molar-refractivity contribution in [3.63, 3.8) is 0 Å². The van der Waals surface area contributed by atoms with Gasteiger partial charge < -0.3 is 5.32 Å².